The number of benzene rings is 1. The maximum absolute atomic E-state index is 14.3. The average molecular weight is 358 g/mol. The molecule has 3 rings (SSSR count). The van der Waals surface area contributed by atoms with E-state index in [1.54, 1.807) is 17.0 Å². The van der Waals surface area contributed by atoms with Crippen molar-refractivity contribution in [2.24, 2.45) is 5.92 Å². The van der Waals surface area contributed by atoms with E-state index in [0.29, 0.717) is 25.1 Å². The lowest BCUT2D eigenvalue weighted by Crippen LogP contribution is -2.40. The van der Waals surface area contributed by atoms with Crippen LogP contribution >= 0.6 is 0 Å². The van der Waals surface area contributed by atoms with Crippen molar-refractivity contribution in [3.8, 4) is 0 Å². The molecule has 1 unspecified atom stereocenters. The topological polar surface area (TPSA) is 40.6 Å². The van der Waals surface area contributed by atoms with Gasteiger partial charge in [0.15, 0.2) is 5.83 Å². The summed E-state index contributed by atoms with van der Waals surface area (Å²) in [5.74, 6) is -0.751. The van der Waals surface area contributed by atoms with E-state index >= 15 is 0 Å². The Balaban J connectivity index is 1.51. The third-order valence-electron chi connectivity index (χ3n) is 5.33. The van der Waals surface area contributed by atoms with Gasteiger partial charge >= 0.3 is 0 Å². The van der Waals surface area contributed by atoms with Gasteiger partial charge in [0.05, 0.1) is 0 Å². The van der Waals surface area contributed by atoms with Crippen LogP contribution in [-0.2, 0) is 9.59 Å². The minimum absolute atomic E-state index is 0.223. The standard InChI is InChI=1S/C21H27FN2O2/c22-19(15-17-7-2-1-3-8-17)21(26)24-14-6-9-18(16-24)10-11-20(25)23-12-4-5-13-23/h1-3,7-8,15,18H,4-6,9-14,16H2/b19-15-. The number of rotatable bonds is 5. The molecule has 2 amide bonds. The van der Waals surface area contributed by atoms with Gasteiger partial charge in [-0.15, -0.1) is 0 Å². The van der Waals surface area contributed by atoms with Crippen molar-refractivity contribution in [1.82, 2.24) is 9.80 Å². The molecule has 1 aromatic carbocycles. The Hall–Kier alpha value is -2.17. The summed E-state index contributed by atoms with van der Waals surface area (Å²) in [5, 5.41) is 0. The summed E-state index contributed by atoms with van der Waals surface area (Å²) in [7, 11) is 0. The molecule has 1 atom stereocenters. The van der Waals surface area contributed by atoms with Crippen molar-refractivity contribution in [2.45, 2.75) is 38.5 Å². The number of nitrogens with zero attached hydrogens (tertiary/aromatic N) is 2. The first kappa shape index (κ1) is 18.6. The van der Waals surface area contributed by atoms with Crippen molar-refractivity contribution in [3.63, 3.8) is 0 Å². The summed E-state index contributed by atoms with van der Waals surface area (Å²) in [6, 6.07) is 9.04. The molecular formula is C21H27FN2O2. The molecule has 0 radical (unpaired) electrons. The van der Waals surface area contributed by atoms with Crippen molar-refractivity contribution < 1.29 is 14.0 Å². The molecule has 0 bridgehead atoms. The smallest absolute Gasteiger partial charge is 0.282 e. The summed E-state index contributed by atoms with van der Waals surface area (Å²) in [4.78, 5) is 28.1. The van der Waals surface area contributed by atoms with Gasteiger partial charge in [-0.1, -0.05) is 30.3 Å². The molecule has 0 saturated carbocycles. The number of halogens is 1. The van der Waals surface area contributed by atoms with E-state index in [1.807, 2.05) is 23.1 Å². The highest BCUT2D eigenvalue weighted by Gasteiger charge is 2.27. The Morgan fingerprint density at radius 1 is 1.04 bits per heavy atom. The van der Waals surface area contributed by atoms with Crippen LogP contribution in [0.25, 0.3) is 6.08 Å². The molecule has 2 fully saturated rings. The summed E-state index contributed by atoms with van der Waals surface area (Å²) >= 11 is 0. The number of carbonyl (C=O) groups is 2. The normalized spacial score (nSPS) is 21.1. The fourth-order valence-corrected chi connectivity index (χ4v) is 3.85. The fraction of sp³-hybridized carbons (Fsp3) is 0.524. The number of hydrogen-bond acceptors (Lipinski definition) is 2. The lowest BCUT2D eigenvalue weighted by Gasteiger charge is -2.32. The maximum atomic E-state index is 14.3. The van der Waals surface area contributed by atoms with Crippen LogP contribution in [0.3, 0.4) is 0 Å². The summed E-state index contributed by atoms with van der Waals surface area (Å²) in [6.07, 6.45) is 6.68. The maximum Gasteiger partial charge on any atom is 0.282 e. The summed E-state index contributed by atoms with van der Waals surface area (Å²) in [6.45, 7) is 2.89. The first-order chi connectivity index (χ1) is 12.6. The van der Waals surface area contributed by atoms with E-state index in [9.17, 15) is 14.0 Å². The predicted octanol–water partition coefficient (Wildman–Crippen LogP) is 3.64. The van der Waals surface area contributed by atoms with Crippen molar-refractivity contribution in [1.29, 1.82) is 0 Å². The monoisotopic (exact) mass is 358 g/mol. The van der Waals surface area contributed by atoms with E-state index in [4.69, 9.17) is 0 Å². The Bertz CT molecular complexity index is 653. The Morgan fingerprint density at radius 3 is 2.46 bits per heavy atom. The minimum Gasteiger partial charge on any atom is -0.343 e. The third-order valence-corrected chi connectivity index (χ3v) is 5.33. The molecule has 2 aliphatic rings. The Labute approximate surface area is 154 Å². The van der Waals surface area contributed by atoms with Gasteiger partial charge < -0.3 is 9.80 Å². The van der Waals surface area contributed by atoms with E-state index in [1.165, 1.54) is 6.08 Å². The summed E-state index contributed by atoms with van der Waals surface area (Å²) < 4.78 is 14.3. The van der Waals surface area contributed by atoms with Gasteiger partial charge in [0.25, 0.3) is 5.91 Å². The quantitative estimate of drug-likeness (QED) is 0.754. The zero-order valence-corrected chi connectivity index (χ0v) is 15.2. The largest absolute Gasteiger partial charge is 0.343 e. The molecule has 2 heterocycles. The first-order valence-corrected chi connectivity index (χ1v) is 9.63. The number of carbonyl (C=O) groups excluding carboxylic acids is 2. The van der Waals surface area contributed by atoms with Crippen LogP contribution in [0.1, 0.15) is 44.1 Å². The van der Waals surface area contributed by atoms with Crippen LogP contribution in [0.15, 0.2) is 36.2 Å². The molecule has 5 heteroatoms. The van der Waals surface area contributed by atoms with Gasteiger partial charge in [-0.25, -0.2) is 4.39 Å². The summed E-state index contributed by atoms with van der Waals surface area (Å²) in [5.41, 5.74) is 0.683. The second-order valence-corrected chi connectivity index (χ2v) is 7.29. The van der Waals surface area contributed by atoms with E-state index in [0.717, 1.165) is 45.2 Å². The highest BCUT2D eigenvalue weighted by molar-refractivity contribution is 5.95. The molecule has 4 nitrogen and oxygen atoms in total. The second-order valence-electron chi connectivity index (χ2n) is 7.29. The SMILES string of the molecule is O=C(CCC1CCCN(C(=O)/C(F)=C/c2ccccc2)C1)N1CCCC1. The second kappa shape index (κ2) is 8.97. The average Bonchev–Trinajstić information content (AvgIpc) is 3.21. The molecule has 2 saturated heterocycles. The molecule has 26 heavy (non-hydrogen) atoms. The van der Waals surface area contributed by atoms with Crippen LogP contribution in [0.4, 0.5) is 4.39 Å². The predicted molar refractivity (Wildman–Crippen MR) is 99.9 cm³/mol. The molecule has 0 N–H and O–H groups in total. The van der Waals surface area contributed by atoms with Gasteiger partial charge in [0, 0.05) is 32.6 Å². The fourth-order valence-electron chi connectivity index (χ4n) is 3.85. The molecule has 0 aromatic heterocycles. The number of piperidine rings is 1. The Morgan fingerprint density at radius 2 is 1.73 bits per heavy atom. The van der Waals surface area contributed by atoms with Gasteiger partial charge in [0.1, 0.15) is 0 Å². The first-order valence-electron chi connectivity index (χ1n) is 9.63. The molecular weight excluding hydrogens is 331 g/mol. The van der Waals surface area contributed by atoms with Crippen LogP contribution in [0.2, 0.25) is 0 Å². The van der Waals surface area contributed by atoms with Crippen LogP contribution in [0.5, 0.6) is 0 Å². The molecule has 140 valence electrons. The number of likely N-dealkylation sites (tertiary alicyclic amines) is 2. The van der Waals surface area contributed by atoms with Crippen LogP contribution in [0, 0.1) is 5.92 Å². The van der Waals surface area contributed by atoms with E-state index in [-0.39, 0.29) is 11.8 Å². The zero-order valence-electron chi connectivity index (χ0n) is 15.2. The van der Waals surface area contributed by atoms with Crippen molar-refractivity contribution in [2.75, 3.05) is 26.2 Å². The molecule has 0 spiro atoms. The highest BCUT2D eigenvalue weighted by Crippen LogP contribution is 2.24. The van der Waals surface area contributed by atoms with Gasteiger partial charge in [0.2, 0.25) is 5.91 Å². The van der Waals surface area contributed by atoms with Gasteiger partial charge in [-0.2, -0.15) is 0 Å². The Kier molecular flexibility index (Phi) is 6.42. The number of amides is 2. The lowest BCUT2D eigenvalue weighted by atomic mass is 9.93. The zero-order chi connectivity index (χ0) is 18.4. The molecule has 2 aliphatic heterocycles. The van der Waals surface area contributed by atoms with Crippen molar-refractivity contribution >= 4 is 17.9 Å². The molecule has 1 aromatic rings. The minimum atomic E-state index is -0.718. The van der Waals surface area contributed by atoms with Crippen LogP contribution < -0.4 is 0 Å². The molecule has 0 aliphatic carbocycles. The highest BCUT2D eigenvalue weighted by atomic mass is 19.1. The number of hydrogen-bond donors (Lipinski definition) is 0. The van der Waals surface area contributed by atoms with E-state index < -0.39 is 11.7 Å². The van der Waals surface area contributed by atoms with Crippen LogP contribution in [-0.4, -0.2) is 47.8 Å². The van der Waals surface area contributed by atoms with Gasteiger partial charge in [-0.3, -0.25) is 9.59 Å². The van der Waals surface area contributed by atoms with Gasteiger partial charge in [-0.05, 0) is 49.7 Å². The van der Waals surface area contributed by atoms with Crippen molar-refractivity contribution in [3.05, 3.63) is 41.7 Å². The lowest BCUT2D eigenvalue weighted by molar-refractivity contribution is -0.131. The van der Waals surface area contributed by atoms with E-state index in [2.05, 4.69) is 0 Å². The third kappa shape index (κ3) is 4.93.